The smallest absolute Gasteiger partial charge is 0.310 e. The number of rotatable bonds is 2. The predicted octanol–water partition coefficient (Wildman–Crippen LogP) is 0.0616. The molecular weight excluding hydrogens is 208 g/mol. The number of amides is 1. The Labute approximate surface area is 94.8 Å². The third kappa shape index (κ3) is 1.91. The van der Waals surface area contributed by atoms with E-state index in [1.54, 1.807) is 4.90 Å². The van der Waals surface area contributed by atoms with Gasteiger partial charge in [-0.25, -0.2) is 0 Å². The number of nitrogens with zero attached hydrogens (tertiary/aromatic N) is 1. The van der Waals surface area contributed by atoms with E-state index in [4.69, 9.17) is 5.11 Å². The maximum Gasteiger partial charge on any atom is 0.310 e. The van der Waals surface area contributed by atoms with Gasteiger partial charge in [0.2, 0.25) is 5.91 Å². The van der Waals surface area contributed by atoms with E-state index in [1.165, 1.54) is 0 Å². The van der Waals surface area contributed by atoms with E-state index in [1.807, 2.05) is 6.92 Å². The fourth-order valence-electron chi connectivity index (χ4n) is 2.39. The summed E-state index contributed by atoms with van der Waals surface area (Å²) in [6.07, 6.45) is 3.02. The molecule has 2 fully saturated rings. The lowest BCUT2D eigenvalue weighted by molar-refractivity contribution is -0.156. The Morgan fingerprint density at radius 2 is 2.06 bits per heavy atom. The Balaban J connectivity index is 1.91. The molecule has 0 radical (unpaired) electrons. The van der Waals surface area contributed by atoms with Gasteiger partial charge in [-0.3, -0.25) is 9.59 Å². The van der Waals surface area contributed by atoms with Gasteiger partial charge in [0.15, 0.2) is 0 Å². The number of likely N-dealkylation sites (tertiary alicyclic amines) is 1. The number of carboxylic acid groups (broad SMARTS) is 1. The molecule has 2 N–H and O–H groups in total. The van der Waals surface area contributed by atoms with Crippen LogP contribution in [0.5, 0.6) is 0 Å². The van der Waals surface area contributed by atoms with Crippen molar-refractivity contribution in [1.82, 2.24) is 10.2 Å². The van der Waals surface area contributed by atoms with Gasteiger partial charge >= 0.3 is 5.97 Å². The first-order valence-electron chi connectivity index (χ1n) is 5.80. The Hall–Kier alpha value is -1.10. The minimum Gasteiger partial charge on any atom is -0.481 e. The van der Waals surface area contributed by atoms with E-state index in [0.717, 1.165) is 25.8 Å². The molecular formula is C11H18N2O3. The summed E-state index contributed by atoms with van der Waals surface area (Å²) in [6, 6.07) is 0. The van der Waals surface area contributed by atoms with Gasteiger partial charge in [0.1, 0.15) is 0 Å². The summed E-state index contributed by atoms with van der Waals surface area (Å²) in [5.41, 5.74) is -0.471. The molecule has 90 valence electrons. The fourth-order valence-corrected chi connectivity index (χ4v) is 2.39. The quantitative estimate of drug-likeness (QED) is 0.698. The third-order valence-corrected chi connectivity index (χ3v) is 3.61. The highest BCUT2D eigenvalue weighted by Gasteiger charge is 2.43. The minimum absolute atomic E-state index is 0.0599. The van der Waals surface area contributed by atoms with E-state index in [0.29, 0.717) is 13.1 Å². The third-order valence-electron chi connectivity index (χ3n) is 3.61. The molecule has 16 heavy (non-hydrogen) atoms. The van der Waals surface area contributed by atoms with Crippen LogP contribution in [-0.4, -0.2) is 47.1 Å². The molecule has 5 heteroatoms. The number of piperidine rings is 1. The molecule has 2 heterocycles. The van der Waals surface area contributed by atoms with Gasteiger partial charge in [0.25, 0.3) is 0 Å². The lowest BCUT2D eigenvalue weighted by Gasteiger charge is -2.44. The summed E-state index contributed by atoms with van der Waals surface area (Å²) in [5.74, 6) is -1.10. The van der Waals surface area contributed by atoms with E-state index in [-0.39, 0.29) is 11.8 Å². The molecule has 0 aliphatic carbocycles. The summed E-state index contributed by atoms with van der Waals surface area (Å²) in [5, 5.41) is 12.0. The van der Waals surface area contributed by atoms with E-state index >= 15 is 0 Å². The van der Waals surface area contributed by atoms with Gasteiger partial charge in [0.05, 0.1) is 11.5 Å². The van der Waals surface area contributed by atoms with Crippen LogP contribution in [0.1, 0.15) is 26.2 Å². The molecule has 5 nitrogen and oxygen atoms in total. The molecule has 0 aromatic heterocycles. The fraction of sp³-hybridized carbons (Fsp3) is 0.818. The number of hydrogen-bond acceptors (Lipinski definition) is 3. The summed E-state index contributed by atoms with van der Waals surface area (Å²) < 4.78 is 0. The lowest BCUT2D eigenvalue weighted by Crippen LogP contribution is -2.64. The van der Waals surface area contributed by atoms with Gasteiger partial charge < -0.3 is 15.3 Å². The summed E-state index contributed by atoms with van der Waals surface area (Å²) in [7, 11) is 0. The van der Waals surface area contributed by atoms with Crippen molar-refractivity contribution in [2.75, 3.05) is 19.6 Å². The number of carbonyl (C=O) groups is 2. The first kappa shape index (κ1) is 11.4. The highest BCUT2D eigenvalue weighted by molar-refractivity contribution is 5.88. The van der Waals surface area contributed by atoms with Crippen LogP contribution in [0.3, 0.4) is 0 Å². The normalized spacial score (nSPS) is 30.9. The molecule has 0 aromatic rings. The van der Waals surface area contributed by atoms with E-state index in [9.17, 15) is 9.59 Å². The molecule has 2 saturated heterocycles. The van der Waals surface area contributed by atoms with Crippen molar-refractivity contribution in [3.8, 4) is 0 Å². The maximum absolute atomic E-state index is 12.1. The molecule has 0 spiro atoms. The number of nitrogens with one attached hydrogen (secondary N) is 1. The van der Waals surface area contributed by atoms with Crippen LogP contribution in [0.4, 0.5) is 0 Å². The topological polar surface area (TPSA) is 69.6 Å². The first-order chi connectivity index (χ1) is 7.53. The molecule has 0 bridgehead atoms. The standard InChI is InChI=1S/C11H18N2O3/c1-11(4-2-3-5-12-11)10(16)13-6-8(7-13)9(14)15/h8,12H,2-7H2,1H3,(H,14,15). The molecule has 1 unspecified atom stereocenters. The van der Waals surface area contributed by atoms with Crippen LogP contribution in [0, 0.1) is 5.92 Å². The second-order valence-corrected chi connectivity index (χ2v) is 4.96. The average Bonchev–Trinajstić information content (AvgIpc) is 2.15. The van der Waals surface area contributed by atoms with Crippen molar-refractivity contribution in [2.24, 2.45) is 5.92 Å². The largest absolute Gasteiger partial charge is 0.481 e. The zero-order valence-corrected chi connectivity index (χ0v) is 9.53. The molecule has 1 amide bonds. The zero-order chi connectivity index (χ0) is 11.8. The highest BCUT2D eigenvalue weighted by atomic mass is 16.4. The molecule has 0 aromatic carbocycles. The van der Waals surface area contributed by atoms with Crippen molar-refractivity contribution in [3.05, 3.63) is 0 Å². The summed E-state index contributed by atoms with van der Waals surface area (Å²) in [6.45, 7) is 3.53. The highest BCUT2D eigenvalue weighted by Crippen LogP contribution is 2.25. The predicted molar refractivity (Wildman–Crippen MR) is 58.0 cm³/mol. The average molecular weight is 226 g/mol. The summed E-state index contributed by atoms with van der Waals surface area (Å²) in [4.78, 5) is 24.4. The molecule has 2 aliphatic heterocycles. The molecule has 2 aliphatic rings. The zero-order valence-electron chi connectivity index (χ0n) is 9.53. The number of hydrogen-bond donors (Lipinski definition) is 2. The summed E-state index contributed by atoms with van der Waals surface area (Å²) >= 11 is 0. The van der Waals surface area contributed by atoms with Crippen LogP contribution >= 0.6 is 0 Å². The SMILES string of the molecule is CC1(C(=O)N2CC(C(=O)O)C2)CCCCN1. The van der Waals surface area contributed by atoms with Crippen molar-refractivity contribution in [1.29, 1.82) is 0 Å². The Morgan fingerprint density at radius 3 is 2.56 bits per heavy atom. The van der Waals surface area contributed by atoms with Crippen LogP contribution in [0.15, 0.2) is 0 Å². The maximum atomic E-state index is 12.1. The van der Waals surface area contributed by atoms with Crippen molar-refractivity contribution >= 4 is 11.9 Å². The molecule has 0 saturated carbocycles. The van der Waals surface area contributed by atoms with Gasteiger partial charge in [0, 0.05) is 13.1 Å². The van der Waals surface area contributed by atoms with Gasteiger partial charge in [-0.15, -0.1) is 0 Å². The van der Waals surface area contributed by atoms with E-state index in [2.05, 4.69) is 5.32 Å². The first-order valence-corrected chi connectivity index (χ1v) is 5.80. The Morgan fingerprint density at radius 1 is 1.38 bits per heavy atom. The lowest BCUT2D eigenvalue weighted by atomic mass is 9.87. The number of carboxylic acids is 1. The van der Waals surface area contributed by atoms with Crippen LogP contribution in [-0.2, 0) is 9.59 Å². The second-order valence-electron chi connectivity index (χ2n) is 4.96. The number of carbonyl (C=O) groups excluding carboxylic acids is 1. The van der Waals surface area contributed by atoms with Gasteiger partial charge in [-0.05, 0) is 32.7 Å². The monoisotopic (exact) mass is 226 g/mol. The van der Waals surface area contributed by atoms with Crippen molar-refractivity contribution < 1.29 is 14.7 Å². The molecule has 1 atom stereocenters. The number of aliphatic carboxylic acids is 1. The van der Waals surface area contributed by atoms with Crippen LogP contribution in [0.2, 0.25) is 0 Å². The Bertz CT molecular complexity index is 304. The van der Waals surface area contributed by atoms with Gasteiger partial charge in [-0.2, -0.15) is 0 Å². The van der Waals surface area contributed by atoms with Crippen LogP contribution < -0.4 is 5.32 Å². The second kappa shape index (κ2) is 4.05. The van der Waals surface area contributed by atoms with E-state index < -0.39 is 11.5 Å². The Kier molecular flexibility index (Phi) is 2.88. The molecule has 2 rings (SSSR count). The minimum atomic E-state index is -0.800. The van der Waals surface area contributed by atoms with Crippen molar-refractivity contribution in [2.45, 2.75) is 31.7 Å². The van der Waals surface area contributed by atoms with Crippen LogP contribution in [0.25, 0.3) is 0 Å². The van der Waals surface area contributed by atoms with Crippen molar-refractivity contribution in [3.63, 3.8) is 0 Å². The van der Waals surface area contributed by atoms with Gasteiger partial charge in [-0.1, -0.05) is 0 Å².